The minimum atomic E-state index is -3.81. The zero-order chi connectivity index (χ0) is 15.7. The van der Waals surface area contributed by atoms with Gasteiger partial charge in [-0.25, -0.2) is 31.3 Å². The van der Waals surface area contributed by atoms with Crippen LogP contribution in [0.2, 0.25) is 0 Å². The van der Waals surface area contributed by atoms with E-state index in [0.717, 1.165) is 6.26 Å². The highest BCUT2D eigenvalue weighted by Crippen LogP contribution is 2.22. The molecule has 2 heterocycles. The highest BCUT2D eigenvalue weighted by atomic mass is 32.2. The predicted molar refractivity (Wildman–Crippen MR) is 80.1 cm³/mol. The molecule has 9 nitrogen and oxygen atoms in total. The maximum absolute atomic E-state index is 12.2. The second-order valence-corrected chi connectivity index (χ2v) is 8.66. The molecule has 12 heteroatoms. The molecule has 0 aromatic carbocycles. The molecule has 0 unspecified atom stereocenters. The quantitative estimate of drug-likeness (QED) is 0.557. The van der Waals surface area contributed by atoms with Gasteiger partial charge in [-0.15, -0.1) is 11.3 Å². The van der Waals surface area contributed by atoms with Crippen LogP contribution in [-0.2, 0) is 20.0 Å². The van der Waals surface area contributed by atoms with Crippen LogP contribution in [0, 0.1) is 0 Å². The molecule has 0 bridgehead atoms. The van der Waals surface area contributed by atoms with Crippen molar-refractivity contribution in [1.29, 1.82) is 0 Å². The molecule has 0 aliphatic rings. The number of anilines is 1. The highest BCUT2D eigenvalue weighted by molar-refractivity contribution is 7.89. The Labute approximate surface area is 126 Å². The van der Waals surface area contributed by atoms with E-state index in [0.29, 0.717) is 11.4 Å². The van der Waals surface area contributed by atoms with Crippen molar-refractivity contribution in [2.45, 2.75) is 11.4 Å². The molecule has 21 heavy (non-hydrogen) atoms. The Morgan fingerprint density at radius 1 is 1.29 bits per heavy atom. The first-order chi connectivity index (χ1) is 9.71. The van der Waals surface area contributed by atoms with E-state index >= 15 is 0 Å². The first kappa shape index (κ1) is 16.2. The minimum absolute atomic E-state index is 0.0661. The van der Waals surface area contributed by atoms with Gasteiger partial charge >= 0.3 is 0 Å². The van der Waals surface area contributed by atoms with E-state index in [2.05, 4.69) is 14.4 Å². The fraction of sp³-hybridized carbons (Fsp3) is 0.444. The first-order valence-corrected chi connectivity index (χ1v) is 10.1. The summed E-state index contributed by atoms with van der Waals surface area (Å²) in [6.45, 7) is 0.235. The molecule has 0 saturated heterocycles. The Kier molecular flexibility index (Phi) is 4.53. The molecule has 2 aromatic rings. The van der Waals surface area contributed by atoms with Crippen LogP contribution in [-0.4, -0.2) is 45.6 Å². The third-order valence-corrected chi connectivity index (χ3v) is 5.49. The van der Waals surface area contributed by atoms with Gasteiger partial charge in [-0.3, -0.25) is 4.40 Å². The summed E-state index contributed by atoms with van der Waals surface area (Å²) in [6.07, 6.45) is 2.93. The minimum Gasteiger partial charge on any atom is -0.381 e. The summed E-state index contributed by atoms with van der Waals surface area (Å²) in [6, 6.07) is 0. The van der Waals surface area contributed by atoms with E-state index in [1.54, 1.807) is 11.6 Å². The molecule has 2 aromatic heterocycles. The van der Waals surface area contributed by atoms with Gasteiger partial charge in [0.25, 0.3) is 10.0 Å². The second-order valence-electron chi connectivity index (χ2n) is 4.28. The molecule has 0 radical (unpaired) electrons. The van der Waals surface area contributed by atoms with Crippen molar-refractivity contribution < 1.29 is 16.8 Å². The normalized spacial score (nSPS) is 13.0. The summed E-state index contributed by atoms with van der Waals surface area (Å²) in [5.74, 6) is -0.0661. The predicted octanol–water partition coefficient (Wildman–Crippen LogP) is -0.804. The number of imidazole rings is 1. The lowest BCUT2D eigenvalue weighted by Crippen LogP contribution is -2.30. The standard InChI is InChI=1S/C9H15N5O4S3/c1-20(15,16)11-3-2-4-12-21(17,18)8-7(10)13-9-14(8)5-6-19-9/h5-6,11-12H,2-4,10H2,1H3. The van der Waals surface area contributed by atoms with Crippen LogP contribution in [0.25, 0.3) is 4.96 Å². The van der Waals surface area contributed by atoms with E-state index in [1.165, 1.54) is 15.7 Å². The molecule has 0 aliphatic heterocycles. The Hall–Kier alpha value is -1.21. The zero-order valence-electron chi connectivity index (χ0n) is 11.1. The van der Waals surface area contributed by atoms with E-state index in [1.807, 2.05) is 0 Å². The van der Waals surface area contributed by atoms with Crippen LogP contribution in [0.1, 0.15) is 6.42 Å². The monoisotopic (exact) mass is 353 g/mol. The van der Waals surface area contributed by atoms with Crippen LogP contribution in [0.3, 0.4) is 0 Å². The molecule has 118 valence electrons. The summed E-state index contributed by atoms with van der Waals surface area (Å²) in [4.78, 5) is 4.46. The molecule has 0 saturated carbocycles. The summed E-state index contributed by atoms with van der Waals surface area (Å²) in [5.41, 5.74) is 5.64. The largest absolute Gasteiger partial charge is 0.381 e. The summed E-state index contributed by atoms with van der Waals surface area (Å²) >= 11 is 1.28. The Morgan fingerprint density at radius 3 is 2.62 bits per heavy atom. The van der Waals surface area contributed by atoms with Crippen molar-refractivity contribution in [2.24, 2.45) is 0 Å². The van der Waals surface area contributed by atoms with E-state index in [-0.39, 0.29) is 23.9 Å². The summed E-state index contributed by atoms with van der Waals surface area (Å²) in [7, 11) is -7.08. The summed E-state index contributed by atoms with van der Waals surface area (Å²) < 4.78 is 52.2. The average molecular weight is 353 g/mol. The van der Waals surface area contributed by atoms with Gasteiger partial charge in [-0.05, 0) is 6.42 Å². The van der Waals surface area contributed by atoms with Crippen molar-refractivity contribution in [3.63, 3.8) is 0 Å². The maximum Gasteiger partial charge on any atom is 0.260 e. The smallest absolute Gasteiger partial charge is 0.260 e. The number of aromatic nitrogens is 2. The number of hydrogen-bond donors (Lipinski definition) is 3. The molecular weight excluding hydrogens is 338 g/mol. The lowest BCUT2D eigenvalue weighted by atomic mass is 10.4. The van der Waals surface area contributed by atoms with E-state index < -0.39 is 20.0 Å². The van der Waals surface area contributed by atoms with Crippen LogP contribution in [0.5, 0.6) is 0 Å². The maximum atomic E-state index is 12.2. The van der Waals surface area contributed by atoms with Crippen LogP contribution >= 0.6 is 11.3 Å². The molecule has 0 spiro atoms. The van der Waals surface area contributed by atoms with E-state index in [4.69, 9.17) is 5.73 Å². The molecule has 0 atom stereocenters. The van der Waals surface area contributed by atoms with Crippen molar-refractivity contribution in [2.75, 3.05) is 25.1 Å². The fourth-order valence-electron chi connectivity index (χ4n) is 1.67. The van der Waals surface area contributed by atoms with Gasteiger partial charge in [-0.1, -0.05) is 0 Å². The number of rotatable bonds is 7. The lowest BCUT2D eigenvalue weighted by Gasteiger charge is -2.06. The van der Waals surface area contributed by atoms with Gasteiger partial charge in [0.2, 0.25) is 10.0 Å². The second kappa shape index (κ2) is 5.88. The fourth-order valence-corrected chi connectivity index (χ4v) is 4.24. The van der Waals surface area contributed by atoms with Crippen molar-refractivity contribution in [1.82, 2.24) is 18.8 Å². The molecular formula is C9H15N5O4S3. The van der Waals surface area contributed by atoms with Gasteiger partial charge in [0, 0.05) is 24.7 Å². The first-order valence-electron chi connectivity index (χ1n) is 5.86. The SMILES string of the molecule is CS(=O)(=O)NCCCNS(=O)(=O)c1c(N)nc2sccn12. The van der Waals surface area contributed by atoms with Crippen LogP contribution in [0.15, 0.2) is 16.6 Å². The van der Waals surface area contributed by atoms with Gasteiger partial charge in [-0.2, -0.15) is 0 Å². The van der Waals surface area contributed by atoms with Crippen LogP contribution in [0.4, 0.5) is 5.82 Å². The van der Waals surface area contributed by atoms with Gasteiger partial charge in [0.1, 0.15) is 0 Å². The van der Waals surface area contributed by atoms with Crippen LogP contribution < -0.4 is 15.2 Å². The molecule has 0 amide bonds. The molecule has 4 N–H and O–H groups in total. The topological polar surface area (TPSA) is 136 Å². The van der Waals surface area contributed by atoms with Gasteiger partial charge in [0.15, 0.2) is 15.8 Å². The summed E-state index contributed by atoms with van der Waals surface area (Å²) in [5, 5.41) is 1.60. The van der Waals surface area contributed by atoms with Crippen molar-refractivity contribution in [3.05, 3.63) is 11.6 Å². The number of nitrogen functional groups attached to an aromatic ring is 1. The van der Waals surface area contributed by atoms with Gasteiger partial charge < -0.3 is 5.73 Å². The number of nitrogens with zero attached hydrogens (tertiary/aromatic N) is 2. The number of nitrogens with two attached hydrogens (primary N) is 1. The van der Waals surface area contributed by atoms with Crippen molar-refractivity contribution >= 4 is 42.2 Å². The number of sulfonamides is 2. The van der Waals surface area contributed by atoms with Crippen molar-refractivity contribution in [3.8, 4) is 0 Å². The molecule has 0 aliphatic carbocycles. The Bertz CT molecular complexity index is 836. The lowest BCUT2D eigenvalue weighted by molar-refractivity contribution is 0.571. The number of thiazole rings is 1. The Balaban J connectivity index is 2.02. The number of fused-ring (bicyclic) bond motifs is 1. The third kappa shape index (κ3) is 3.91. The van der Waals surface area contributed by atoms with Gasteiger partial charge in [0.05, 0.1) is 6.26 Å². The molecule has 2 rings (SSSR count). The average Bonchev–Trinajstić information content (AvgIpc) is 2.85. The van der Waals surface area contributed by atoms with E-state index in [9.17, 15) is 16.8 Å². The molecule has 0 fully saturated rings. The highest BCUT2D eigenvalue weighted by Gasteiger charge is 2.23. The Morgan fingerprint density at radius 2 is 1.95 bits per heavy atom. The third-order valence-electron chi connectivity index (χ3n) is 2.51. The number of nitrogens with one attached hydrogen (secondary N) is 2. The number of hydrogen-bond acceptors (Lipinski definition) is 7. The zero-order valence-corrected chi connectivity index (χ0v) is 13.6.